The van der Waals surface area contributed by atoms with E-state index >= 15 is 0 Å². The van der Waals surface area contributed by atoms with Gasteiger partial charge in [0.05, 0.1) is 0 Å². The van der Waals surface area contributed by atoms with Crippen molar-refractivity contribution in [2.45, 2.75) is 72.1 Å². The average molecular weight is 369 g/mol. The van der Waals surface area contributed by atoms with Gasteiger partial charge in [0, 0.05) is 24.4 Å². The number of nitrogens with zero attached hydrogens (tertiary/aromatic N) is 2. The summed E-state index contributed by atoms with van der Waals surface area (Å²) in [5.74, 6) is 1.64. The molecule has 2 rings (SSSR count). The number of benzene rings is 1. The van der Waals surface area contributed by atoms with Gasteiger partial charge in [-0.25, -0.2) is 9.97 Å². The molecule has 27 heavy (non-hydrogen) atoms. The zero-order valence-electron chi connectivity index (χ0n) is 16.9. The number of aryl methyl sites for hydroxylation is 1. The molecule has 0 saturated heterocycles. The Morgan fingerprint density at radius 3 is 2.37 bits per heavy atom. The number of carbonyl (C=O) groups is 1. The van der Waals surface area contributed by atoms with E-state index in [1.807, 2.05) is 24.5 Å². The zero-order chi connectivity index (χ0) is 19.5. The monoisotopic (exact) mass is 368 g/mol. The third-order valence-electron chi connectivity index (χ3n) is 4.91. The van der Waals surface area contributed by atoms with Crippen LogP contribution in [0.15, 0.2) is 36.7 Å². The molecule has 0 bridgehead atoms. The number of esters is 1. The fourth-order valence-corrected chi connectivity index (χ4v) is 2.81. The molecule has 0 saturated carbocycles. The summed E-state index contributed by atoms with van der Waals surface area (Å²) in [6.45, 7) is 6.51. The number of carbonyl (C=O) groups excluding carboxylic acids is 1. The highest BCUT2D eigenvalue weighted by atomic mass is 16.5. The minimum Gasteiger partial charge on any atom is -0.427 e. The van der Waals surface area contributed by atoms with Crippen molar-refractivity contribution in [3.8, 4) is 17.1 Å². The quantitative estimate of drug-likeness (QED) is 0.277. The Morgan fingerprint density at radius 1 is 1.04 bits per heavy atom. The van der Waals surface area contributed by atoms with Crippen molar-refractivity contribution in [2.24, 2.45) is 5.92 Å². The molecule has 1 unspecified atom stereocenters. The second-order valence-electron chi connectivity index (χ2n) is 7.28. The van der Waals surface area contributed by atoms with Crippen LogP contribution in [-0.4, -0.2) is 15.9 Å². The van der Waals surface area contributed by atoms with Gasteiger partial charge in [-0.3, -0.25) is 4.79 Å². The summed E-state index contributed by atoms with van der Waals surface area (Å²) >= 11 is 0. The largest absolute Gasteiger partial charge is 0.427 e. The van der Waals surface area contributed by atoms with Gasteiger partial charge in [-0.1, -0.05) is 46.5 Å². The maximum Gasteiger partial charge on any atom is 0.311 e. The molecule has 0 N–H and O–H groups in total. The summed E-state index contributed by atoms with van der Waals surface area (Å²) in [5.41, 5.74) is 2.11. The molecular formula is C23H32N2O2. The van der Waals surface area contributed by atoms with Crippen LogP contribution in [0.25, 0.3) is 11.4 Å². The van der Waals surface area contributed by atoms with E-state index < -0.39 is 0 Å². The summed E-state index contributed by atoms with van der Waals surface area (Å²) in [5, 5.41) is 0. The summed E-state index contributed by atoms with van der Waals surface area (Å²) in [6.07, 6.45) is 12.3. The van der Waals surface area contributed by atoms with Crippen LogP contribution in [0.2, 0.25) is 0 Å². The molecule has 1 aromatic carbocycles. The molecule has 0 radical (unpaired) electrons. The van der Waals surface area contributed by atoms with Crippen LogP contribution in [0.1, 0.15) is 71.3 Å². The lowest BCUT2D eigenvalue weighted by atomic mass is 10.0. The molecule has 0 fully saturated rings. The lowest BCUT2D eigenvalue weighted by Crippen LogP contribution is -2.09. The molecule has 0 amide bonds. The minimum absolute atomic E-state index is 0.174. The van der Waals surface area contributed by atoms with Crippen LogP contribution < -0.4 is 4.74 Å². The Labute approximate surface area is 163 Å². The lowest BCUT2D eigenvalue weighted by molar-refractivity contribution is -0.134. The second kappa shape index (κ2) is 11.5. The smallest absolute Gasteiger partial charge is 0.311 e. The molecule has 2 aromatic rings. The molecule has 0 aliphatic rings. The average Bonchev–Trinajstić information content (AvgIpc) is 2.70. The normalized spacial score (nSPS) is 12.0. The Morgan fingerprint density at radius 2 is 1.74 bits per heavy atom. The van der Waals surface area contributed by atoms with Gasteiger partial charge >= 0.3 is 5.97 Å². The SMILES string of the molecule is CCCCCCc1cnc(-c2ccc(OC(=O)CCC(C)CC)cc2)nc1. The van der Waals surface area contributed by atoms with Gasteiger partial charge in [0.2, 0.25) is 0 Å². The predicted molar refractivity (Wildman–Crippen MR) is 110 cm³/mol. The molecule has 0 spiro atoms. The Hall–Kier alpha value is -2.23. The molecule has 146 valence electrons. The van der Waals surface area contributed by atoms with E-state index in [1.165, 1.54) is 31.2 Å². The topological polar surface area (TPSA) is 52.1 Å². The van der Waals surface area contributed by atoms with Crippen LogP contribution in [-0.2, 0) is 11.2 Å². The van der Waals surface area contributed by atoms with Crippen molar-refractivity contribution in [3.05, 3.63) is 42.2 Å². The van der Waals surface area contributed by atoms with Crippen LogP contribution in [0.3, 0.4) is 0 Å². The van der Waals surface area contributed by atoms with Gasteiger partial charge in [-0.15, -0.1) is 0 Å². The first kappa shape index (κ1) is 21.1. The Balaban J connectivity index is 1.86. The fourth-order valence-electron chi connectivity index (χ4n) is 2.81. The van der Waals surface area contributed by atoms with E-state index in [-0.39, 0.29) is 5.97 Å². The van der Waals surface area contributed by atoms with Crippen LogP contribution >= 0.6 is 0 Å². The minimum atomic E-state index is -0.174. The summed E-state index contributed by atoms with van der Waals surface area (Å²) in [6, 6.07) is 7.40. The second-order valence-corrected chi connectivity index (χ2v) is 7.28. The number of ether oxygens (including phenoxy) is 1. The van der Waals surface area contributed by atoms with Crippen molar-refractivity contribution in [2.75, 3.05) is 0 Å². The van der Waals surface area contributed by atoms with E-state index in [0.29, 0.717) is 23.9 Å². The predicted octanol–water partition coefficient (Wildman–Crippen LogP) is 6.00. The summed E-state index contributed by atoms with van der Waals surface area (Å²) in [4.78, 5) is 20.9. The van der Waals surface area contributed by atoms with Crippen LogP contribution in [0, 0.1) is 5.92 Å². The van der Waals surface area contributed by atoms with E-state index in [9.17, 15) is 4.79 Å². The number of unbranched alkanes of at least 4 members (excludes halogenated alkanes) is 3. The zero-order valence-corrected chi connectivity index (χ0v) is 16.9. The molecular weight excluding hydrogens is 336 g/mol. The van der Waals surface area contributed by atoms with Gasteiger partial charge in [-0.05, 0) is 55.0 Å². The standard InChI is InChI=1S/C23H32N2O2/c1-4-6-7-8-9-19-16-24-23(25-17-19)20-11-13-21(14-12-20)27-22(26)15-10-18(3)5-2/h11-14,16-18H,4-10,15H2,1-3H3. The van der Waals surface area contributed by atoms with Crippen LogP contribution in [0.4, 0.5) is 0 Å². The lowest BCUT2D eigenvalue weighted by Gasteiger charge is -2.08. The maximum absolute atomic E-state index is 11.9. The molecule has 4 heteroatoms. The number of rotatable bonds is 11. The van der Waals surface area contributed by atoms with E-state index in [2.05, 4.69) is 30.7 Å². The number of hydrogen-bond donors (Lipinski definition) is 0. The third-order valence-corrected chi connectivity index (χ3v) is 4.91. The molecule has 0 aliphatic carbocycles. The molecule has 1 heterocycles. The Bertz CT molecular complexity index is 681. The first-order valence-corrected chi connectivity index (χ1v) is 10.2. The fraction of sp³-hybridized carbons (Fsp3) is 0.522. The van der Waals surface area contributed by atoms with Crippen molar-refractivity contribution in [1.82, 2.24) is 9.97 Å². The number of hydrogen-bond acceptors (Lipinski definition) is 4. The highest BCUT2D eigenvalue weighted by Crippen LogP contribution is 2.20. The first-order chi connectivity index (χ1) is 13.1. The summed E-state index contributed by atoms with van der Waals surface area (Å²) < 4.78 is 5.40. The summed E-state index contributed by atoms with van der Waals surface area (Å²) in [7, 11) is 0. The van der Waals surface area contributed by atoms with E-state index in [4.69, 9.17) is 4.74 Å². The number of aromatic nitrogens is 2. The Kier molecular flexibility index (Phi) is 8.96. The highest BCUT2D eigenvalue weighted by molar-refractivity contribution is 5.72. The van der Waals surface area contributed by atoms with E-state index in [1.54, 1.807) is 12.1 Å². The van der Waals surface area contributed by atoms with Crippen molar-refractivity contribution >= 4 is 5.97 Å². The van der Waals surface area contributed by atoms with Crippen LogP contribution in [0.5, 0.6) is 5.75 Å². The van der Waals surface area contributed by atoms with Crippen molar-refractivity contribution in [3.63, 3.8) is 0 Å². The van der Waals surface area contributed by atoms with Gasteiger partial charge in [0.1, 0.15) is 5.75 Å². The van der Waals surface area contributed by atoms with Crippen molar-refractivity contribution < 1.29 is 9.53 Å². The molecule has 1 atom stereocenters. The molecule has 1 aromatic heterocycles. The van der Waals surface area contributed by atoms with Gasteiger partial charge in [0.15, 0.2) is 5.82 Å². The van der Waals surface area contributed by atoms with Crippen molar-refractivity contribution in [1.29, 1.82) is 0 Å². The van der Waals surface area contributed by atoms with Gasteiger partial charge in [0.25, 0.3) is 0 Å². The van der Waals surface area contributed by atoms with E-state index in [0.717, 1.165) is 24.8 Å². The first-order valence-electron chi connectivity index (χ1n) is 10.2. The van der Waals surface area contributed by atoms with Gasteiger partial charge < -0.3 is 4.74 Å². The molecule has 4 nitrogen and oxygen atoms in total. The highest BCUT2D eigenvalue weighted by Gasteiger charge is 2.08. The molecule has 0 aliphatic heterocycles. The van der Waals surface area contributed by atoms with Gasteiger partial charge in [-0.2, -0.15) is 0 Å². The maximum atomic E-state index is 11.9. The third kappa shape index (κ3) is 7.49.